The molecule has 0 unspecified atom stereocenters. The van der Waals surface area contributed by atoms with Crippen molar-refractivity contribution in [1.82, 2.24) is 20.0 Å². The van der Waals surface area contributed by atoms with E-state index in [1.807, 2.05) is 94.7 Å². The van der Waals surface area contributed by atoms with E-state index in [9.17, 15) is 19.2 Å². The monoisotopic (exact) mass is 726 g/mol. The summed E-state index contributed by atoms with van der Waals surface area (Å²) >= 11 is 0. The fourth-order valence-electron chi connectivity index (χ4n) is 6.98. The molecule has 1 aliphatic rings. The minimum Gasteiger partial charge on any atom is -0.496 e. The summed E-state index contributed by atoms with van der Waals surface area (Å²) in [7, 11) is 1.60. The molecular weight excluding hydrogens is 668 g/mol. The molecule has 11 heteroatoms. The maximum Gasteiger partial charge on any atom is 0.329 e. The lowest BCUT2D eigenvalue weighted by Crippen LogP contribution is -2.58. The number of para-hydroxylation sites is 3. The van der Waals surface area contributed by atoms with Gasteiger partial charge in [-0.15, -0.1) is 0 Å². The Morgan fingerprint density at radius 2 is 1.40 bits per heavy atom. The van der Waals surface area contributed by atoms with Crippen molar-refractivity contribution in [3.05, 3.63) is 90.5 Å². The third-order valence-electron chi connectivity index (χ3n) is 9.79. The van der Waals surface area contributed by atoms with Crippen molar-refractivity contribution >= 4 is 35.1 Å². The lowest BCUT2D eigenvalue weighted by Gasteiger charge is -2.41. The number of primary amides is 1. The van der Waals surface area contributed by atoms with Crippen LogP contribution in [0, 0.1) is 5.92 Å². The summed E-state index contributed by atoms with van der Waals surface area (Å²) < 4.78 is 5.51. The normalized spacial score (nSPS) is 15.5. The standard InChI is InChI=1S/C42H58N6O5/c1-4-6-16-26-46(27-17-7-5-2)41(51)33-24-28-47(42(52)48(35-19-10-8-11-20-35)36-21-12-9-13-22-36)37(30-33)40(50)44-25-29-45(32-39(43)49)31-34-18-14-15-23-38(34)53-3/h8-15,18-23,33,37H,4-7,16-17,24-32H2,1-3H3,(H2,43,49)(H,44,50)/t33-,37-/m0/s1. The molecular formula is C42H58N6O5. The topological polar surface area (TPSA) is 129 Å². The van der Waals surface area contributed by atoms with Crippen molar-refractivity contribution in [3.8, 4) is 5.75 Å². The van der Waals surface area contributed by atoms with E-state index in [0.29, 0.717) is 49.7 Å². The Bertz CT molecular complexity index is 1540. The zero-order chi connectivity index (χ0) is 38.0. The van der Waals surface area contributed by atoms with E-state index in [-0.39, 0.29) is 43.9 Å². The molecule has 286 valence electrons. The number of anilines is 2. The van der Waals surface area contributed by atoms with Crippen molar-refractivity contribution in [2.24, 2.45) is 11.7 Å². The van der Waals surface area contributed by atoms with Gasteiger partial charge in [-0.2, -0.15) is 0 Å². The summed E-state index contributed by atoms with van der Waals surface area (Å²) in [6.45, 7) is 6.88. The summed E-state index contributed by atoms with van der Waals surface area (Å²) in [5.41, 5.74) is 7.85. The number of carbonyl (C=O) groups is 4. The SMILES string of the molecule is CCCCCN(CCCCC)C(=O)[C@H]1CCN(C(=O)N(c2ccccc2)c2ccccc2)[C@H](C(=O)NCCN(CC(N)=O)Cc2ccccc2OC)C1. The number of unbranched alkanes of at least 4 members (excludes halogenated alkanes) is 4. The van der Waals surface area contributed by atoms with Gasteiger partial charge in [0.15, 0.2) is 0 Å². The van der Waals surface area contributed by atoms with Crippen LogP contribution in [0.15, 0.2) is 84.9 Å². The number of methoxy groups -OCH3 is 1. The highest BCUT2D eigenvalue weighted by Crippen LogP contribution is 2.32. The summed E-state index contributed by atoms with van der Waals surface area (Å²) in [6.07, 6.45) is 6.80. The average Bonchev–Trinajstić information content (AvgIpc) is 3.17. The summed E-state index contributed by atoms with van der Waals surface area (Å²) in [6, 6.07) is 25.1. The Balaban J connectivity index is 1.58. The highest BCUT2D eigenvalue weighted by Gasteiger charge is 2.41. The van der Waals surface area contributed by atoms with Gasteiger partial charge in [-0.1, -0.05) is 94.1 Å². The predicted molar refractivity (Wildman–Crippen MR) is 210 cm³/mol. The molecule has 0 radical (unpaired) electrons. The molecule has 4 rings (SSSR count). The number of ether oxygens (including phenoxy) is 1. The molecule has 1 heterocycles. The molecule has 1 aliphatic heterocycles. The number of benzene rings is 3. The van der Waals surface area contributed by atoms with E-state index in [1.54, 1.807) is 16.9 Å². The minimum atomic E-state index is -0.882. The lowest BCUT2D eigenvalue weighted by molar-refractivity contribution is -0.139. The second-order valence-corrected chi connectivity index (χ2v) is 13.7. The van der Waals surface area contributed by atoms with Crippen LogP contribution >= 0.6 is 0 Å². The third kappa shape index (κ3) is 12.1. The van der Waals surface area contributed by atoms with Gasteiger partial charge in [0.25, 0.3) is 0 Å². The van der Waals surface area contributed by atoms with Crippen molar-refractivity contribution in [1.29, 1.82) is 0 Å². The molecule has 3 N–H and O–H groups in total. The molecule has 2 atom stereocenters. The van der Waals surface area contributed by atoms with Crippen molar-refractivity contribution < 1.29 is 23.9 Å². The van der Waals surface area contributed by atoms with Crippen LogP contribution in [0.4, 0.5) is 16.2 Å². The van der Waals surface area contributed by atoms with Gasteiger partial charge in [0.05, 0.1) is 25.0 Å². The van der Waals surface area contributed by atoms with Crippen LogP contribution in [0.2, 0.25) is 0 Å². The van der Waals surface area contributed by atoms with Crippen LogP contribution in [0.25, 0.3) is 0 Å². The van der Waals surface area contributed by atoms with Gasteiger partial charge in [-0.05, 0) is 56.0 Å². The van der Waals surface area contributed by atoms with Gasteiger partial charge in [-0.25, -0.2) is 4.79 Å². The predicted octanol–water partition coefficient (Wildman–Crippen LogP) is 6.35. The fourth-order valence-corrected chi connectivity index (χ4v) is 6.98. The largest absolute Gasteiger partial charge is 0.496 e. The van der Waals surface area contributed by atoms with Crippen LogP contribution < -0.4 is 20.7 Å². The highest BCUT2D eigenvalue weighted by molar-refractivity contribution is 6.01. The smallest absolute Gasteiger partial charge is 0.329 e. The Morgan fingerprint density at radius 3 is 1.96 bits per heavy atom. The maximum absolute atomic E-state index is 14.6. The Hall–Kier alpha value is -4.90. The highest BCUT2D eigenvalue weighted by atomic mass is 16.5. The van der Waals surface area contributed by atoms with Gasteiger partial charge >= 0.3 is 6.03 Å². The van der Waals surface area contributed by atoms with Crippen molar-refractivity contribution in [2.45, 2.75) is 77.8 Å². The number of carbonyl (C=O) groups excluding carboxylic acids is 4. The number of nitrogens with one attached hydrogen (secondary N) is 1. The quantitative estimate of drug-likeness (QED) is 0.131. The van der Waals surface area contributed by atoms with E-state index in [4.69, 9.17) is 10.5 Å². The van der Waals surface area contributed by atoms with E-state index >= 15 is 0 Å². The second kappa shape index (κ2) is 21.6. The lowest BCUT2D eigenvalue weighted by atomic mass is 9.88. The molecule has 3 aromatic carbocycles. The fraction of sp³-hybridized carbons (Fsp3) is 0.476. The zero-order valence-electron chi connectivity index (χ0n) is 31.8. The molecule has 0 aromatic heterocycles. The van der Waals surface area contributed by atoms with Gasteiger partial charge in [-0.3, -0.25) is 24.2 Å². The van der Waals surface area contributed by atoms with E-state index in [1.165, 1.54) is 0 Å². The van der Waals surface area contributed by atoms with Gasteiger partial charge in [0.1, 0.15) is 11.8 Å². The first-order valence-corrected chi connectivity index (χ1v) is 19.2. The van der Waals surface area contributed by atoms with Crippen LogP contribution in [-0.4, -0.2) is 90.9 Å². The Labute approximate surface area is 315 Å². The summed E-state index contributed by atoms with van der Waals surface area (Å²) in [5.74, 6) is -0.456. The van der Waals surface area contributed by atoms with E-state index in [2.05, 4.69) is 19.2 Å². The summed E-state index contributed by atoms with van der Waals surface area (Å²) in [5, 5.41) is 3.05. The average molecular weight is 727 g/mol. The zero-order valence-corrected chi connectivity index (χ0v) is 31.8. The Kier molecular flexibility index (Phi) is 16.6. The van der Waals surface area contributed by atoms with Gasteiger partial charge < -0.3 is 25.6 Å². The molecule has 5 amide bonds. The van der Waals surface area contributed by atoms with E-state index in [0.717, 1.165) is 44.1 Å². The Morgan fingerprint density at radius 1 is 0.811 bits per heavy atom. The van der Waals surface area contributed by atoms with Crippen LogP contribution in [0.1, 0.15) is 70.8 Å². The molecule has 11 nitrogen and oxygen atoms in total. The molecule has 0 saturated carbocycles. The van der Waals surface area contributed by atoms with Crippen LogP contribution in [0.3, 0.4) is 0 Å². The number of piperidine rings is 1. The molecule has 1 saturated heterocycles. The first-order valence-electron chi connectivity index (χ1n) is 19.2. The number of nitrogens with two attached hydrogens (primary N) is 1. The van der Waals surface area contributed by atoms with Gasteiger partial charge in [0.2, 0.25) is 17.7 Å². The van der Waals surface area contributed by atoms with Crippen molar-refractivity contribution in [2.75, 3.05) is 51.3 Å². The maximum atomic E-state index is 14.6. The van der Waals surface area contributed by atoms with E-state index < -0.39 is 17.9 Å². The number of likely N-dealkylation sites (tertiary alicyclic amines) is 1. The van der Waals surface area contributed by atoms with Crippen LogP contribution in [-0.2, 0) is 20.9 Å². The molecule has 1 fully saturated rings. The number of urea groups is 1. The first-order chi connectivity index (χ1) is 25.8. The second-order valence-electron chi connectivity index (χ2n) is 13.7. The van der Waals surface area contributed by atoms with Crippen molar-refractivity contribution in [3.63, 3.8) is 0 Å². The van der Waals surface area contributed by atoms with Gasteiger partial charge in [0, 0.05) is 50.7 Å². The number of nitrogens with zero attached hydrogens (tertiary/aromatic N) is 4. The minimum absolute atomic E-state index is 0.00641. The number of hydrogen-bond donors (Lipinski definition) is 2. The molecule has 53 heavy (non-hydrogen) atoms. The third-order valence-corrected chi connectivity index (χ3v) is 9.79. The number of hydrogen-bond acceptors (Lipinski definition) is 6. The molecule has 0 bridgehead atoms. The molecule has 0 spiro atoms. The summed E-state index contributed by atoms with van der Waals surface area (Å²) in [4.78, 5) is 62.2. The molecule has 0 aliphatic carbocycles. The van der Waals surface area contributed by atoms with Crippen LogP contribution in [0.5, 0.6) is 5.75 Å². The molecule has 3 aromatic rings. The number of amides is 5. The first kappa shape index (κ1) is 40.9. The number of rotatable bonds is 20.